The standard InChI is InChI=1S/C21H30N6O2/c1-21(2,3)17-12-24-19(29-17)13-26-20(22-4)25-11-15-5-7-16(8-6-15)27-10-9-23-18(28)14-27/h5-8,12H,9-11,13-14H2,1-4H3,(H,23,28)(H2,22,25,26). The fourth-order valence-electron chi connectivity index (χ4n) is 2.99. The molecule has 1 amide bonds. The first kappa shape index (κ1) is 20.7. The highest BCUT2D eigenvalue weighted by Gasteiger charge is 2.19. The van der Waals surface area contributed by atoms with Gasteiger partial charge >= 0.3 is 0 Å². The van der Waals surface area contributed by atoms with Crippen molar-refractivity contribution in [1.29, 1.82) is 0 Å². The van der Waals surface area contributed by atoms with E-state index in [-0.39, 0.29) is 11.3 Å². The van der Waals surface area contributed by atoms with E-state index in [0.29, 0.717) is 38.0 Å². The molecule has 1 aliphatic heterocycles. The van der Waals surface area contributed by atoms with Gasteiger partial charge in [0.25, 0.3) is 0 Å². The molecule has 0 saturated carbocycles. The number of carbonyl (C=O) groups is 1. The molecule has 1 fully saturated rings. The van der Waals surface area contributed by atoms with Gasteiger partial charge in [-0.25, -0.2) is 4.98 Å². The molecule has 1 aromatic carbocycles. The highest BCUT2D eigenvalue weighted by Crippen LogP contribution is 2.22. The highest BCUT2D eigenvalue weighted by atomic mass is 16.4. The molecule has 8 nitrogen and oxygen atoms in total. The molecule has 1 aromatic heterocycles. The SMILES string of the molecule is CN=C(NCc1ccc(N2CCNC(=O)C2)cc1)NCc1ncc(C(C)(C)C)o1. The van der Waals surface area contributed by atoms with Crippen molar-refractivity contribution in [3.05, 3.63) is 47.7 Å². The molecule has 0 atom stereocenters. The van der Waals surface area contributed by atoms with Crippen molar-refractivity contribution in [2.75, 3.05) is 31.6 Å². The number of guanidine groups is 1. The van der Waals surface area contributed by atoms with Gasteiger partial charge in [0, 0.05) is 37.8 Å². The molecule has 8 heteroatoms. The Labute approximate surface area is 171 Å². The smallest absolute Gasteiger partial charge is 0.239 e. The molecule has 3 rings (SSSR count). The zero-order chi connectivity index (χ0) is 20.9. The van der Waals surface area contributed by atoms with E-state index in [9.17, 15) is 4.79 Å². The Kier molecular flexibility index (Phi) is 6.41. The lowest BCUT2D eigenvalue weighted by molar-refractivity contribution is -0.120. The number of anilines is 1. The Bertz CT molecular complexity index is 851. The van der Waals surface area contributed by atoms with Crippen molar-refractivity contribution in [3.8, 4) is 0 Å². The number of hydrogen-bond donors (Lipinski definition) is 3. The number of carbonyl (C=O) groups excluding carboxylic acids is 1. The van der Waals surface area contributed by atoms with Crippen LogP contribution in [-0.4, -0.2) is 43.5 Å². The van der Waals surface area contributed by atoms with Crippen molar-refractivity contribution in [2.24, 2.45) is 4.99 Å². The molecule has 156 valence electrons. The van der Waals surface area contributed by atoms with Gasteiger partial charge in [0.1, 0.15) is 5.76 Å². The summed E-state index contributed by atoms with van der Waals surface area (Å²) in [6.45, 7) is 9.31. The van der Waals surface area contributed by atoms with Crippen LogP contribution in [0.2, 0.25) is 0 Å². The number of aromatic nitrogens is 1. The van der Waals surface area contributed by atoms with Crippen LogP contribution in [0.3, 0.4) is 0 Å². The van der Waals surface area contributed by atoms with E-state index in [1.807, 2.05) is 12.1 Å². The van der Waals surface area contributed by atoms with Gasteiger partial charge in [-0.1, -0.05) is 32.9 Å². The molecule has 3 N–H and O–H groups in total. The van der Waals surface area contributed by atoms with Crippen LogP contribution in [0.5, 0.6) is 0 Å². The minimum atomic E-state index is -0.0602. The van der Waals surface area contributed by atoms with Gasteiger partial charge in [-0.15, -0.1) is 0 Å². The number of aliphatic imine (C=N–C) groups is 1. The molecule has 0 radical (unpaired) electrons. The second-order valence-electron chi connectivity index (χ2n) is 8.09. The number of oxazole rings is 1. The highest BCUT2D eigenvalue weighted by molar-refractivity contribution is 5.82. The van der Waals surface area contributed by atoms with Crippen LogP contribution < -0.4 is 20.9 Å². The fraction of sp³-hybridized carbons (Fsp3) is 0.476. The number of amides is 1. The number of piperazine rings is 1. The molecule has 2 heterocycles. The van der Waals surface area contributed by atoms with Crippen LogP contribution in [0.15, 0.2) is 39.9 Å². The largest absolute Gasteiger partial charge is 0.443 e. The van der Waals surface area contributed by atoms with Crippen LogP contribution >= 0.6 is 0 Å². The van der Waals surface area contributed by atoms with Crippen molar-refractivity contribution in [1.82, 2.24) is 20.9 Å². The van der Waals surface area contributed by atoms with Crippen molar-refractivity contribution in [2.45, 2.75) is 39.3 Å². The van der Waals surface area contributed by atoms with Gasteiger partial charge in [0.05, 0.1) is 19.3 Å². The summed E-state index contributed by atoms with van der Waals surface area (Å²) in [6.07, 6.45) is 1.78. The maximum absolute atomic E-state index is 11.5. The van der Waals surface area contributed by atoms with E-state index in [4.69, 9.17) is 4.42 Å². The van der Waals surface area contributed by atoms with Crippen LogP contribution in [-0.2, 0) is 23.3 Å². The Balaban J connectivity index is 1.49. The number of benzene rings is 1. The van der Waals surface area contributed by atoms with E-state index in [0.717, 1.165) is 23.6 Å². The van der Waals surface area contributed by atoms with Crippen molar-refractivity contribution in [3.63, 3.8) is 0 Å². The lowest BCUT2D eigenvalue weighted by Gasteiger charge is -2.28. The van der Waals surface area contributed by atoms with Gasteiger partial charge in [-0.05, 0) is 17.7 Å². The van der Waals surface area contributed by atoms with E-state index >= 15 is 0 Å². The Hall–Kier alpha value is -3.03. The summed E-state index contributed by atoms with van der Waals surface area (Å²) in [7, 11) is 1.73. The summed E-state index contributed by atoms with van der Waals surface area (Å²) in [6, 6.07) is 8.22. The molecule has 0 aliphatic carbocycles. The molecule has 0 unspecified atom stereocenters. The molecular weight excluding hydrogens is 368 g/mol. The van der Waals surface area contributed by atoms with Gasteiger partial charge in [0.2, 0.25) is 11.8 Å². The van der Waals surface area contributed by atoms with Crippen LogP contribution in [0.25, 0.3) is 0 Å². The first-order valence-corrected chi connectivity index (χ1v) is 9.85. The molecule has 1 saturated heterocycles. The first-order valence-electron chi connectivity index (χ1n) is 9.85. The molecule has 0 spiro atoms. The summed E-state index contributed by atoms with van der Waals surface area (Å²) in [5.41, 5.74) is 2.13. The summed E-state index contributed by atoms with van der Waals surface area (Å²) < 4.78 is 5.79. The van der Waals surface area contributed by atoms with Crippen molar-refractivity contribution >= 4 is 17.6 Å². The van der Waals surface area contributed by atoms with E-state index in [1.54, 1.807) is 13.2 Å². The fourth-order valence-corrected chi connectivity index (χ4v) is 2.99. The molecule has 2 aromatic rings. The van der Waals surface area contributed by atoms with Gasteiger partial charge in [-0.2, -0.15) is 0 Å². The monoisotopic (exact) mass is 398 g/mol. The van der Waals surface area contributed by atoms with E-state index in [1.165, 1.54) is 0 Å². The topological polar surface area (TPSA) is 94.8 Å². The number of hydrogen-bond acceptors (Lipinski definition) is 5. The Morgan fingerprint density at radius 3 is 2.59 bits per heavy atom. The number of rotatable bonds is 5. The first-order chi connectivity index (χ1) is 13.8. The van der Waals surface area contributed by atoms with E-state index in [2.05, 4.69) is 63.7 Å². The normalized spacial score (nSPS) is 15.2. The zero-order valence-corrected chi connectivity index (χ0v) is 17.6. The van der Waals surface area contributed by atoms with Crippen molar-refractivity contribution < 1.29 is 9.21 Å². The van der Waals surface area contributed by atoms with Gasteiger partial charge in [-0.3, -0.25) is 9.79 Å². The second-order valence-corrected chi connectivity index (χ2v) is 8.09. The maximum Gasteiger partial charge on any atom is 0.239 e. The quantitative estimate of drug-likeness (QED) is 0.525. The van der Waals surface area contributed by atoms with Crippen LogP contribution in [0.4, 0.5) is 5.69 Å². The third-order valence-electron chi connectivity index (χ3n) is 4.72. The lowest BCUT2D eigenvalue weighted by Crippen LogP contribution is -2.47. The predicted octanol–water partition coefficient (Wildman–Crippen LogP) is 1.77. The minimum absolute atomic E-state index is 0.0602. The van der Waals surface area contributed by atoms with E-state index < -0.39 is 0 Å². The average molecular weight is 399 g/mol. The Morgan fingerprint density at radius 2 is 1.97 bits per heavy atom. The summed E-state index contributed by atoms with van der Waals surface area (Å²) in [5, 5.41) is 9.35. The van der Waals surface area contributed by atoms with Gasteiger partial charge in [0.15, 0.2) is 5.96 Å². The summed E-state index contributed by atoms with van der Waals surface area (Å²) in [5.74, 6) is 2.24. The number of nitrogens with zero attached hydrogens (tertiary/aromatic N) is 3. The third kappa shape index (κ3) is 5.73. The zero-order valence-electron chi connectivity index (χ0n) is 17.6. The third-order valence-corrected chi connectivity index (χ3v) is 4.72. The molecule has 1 aliphatic rings. The second kappa shape index (κ2) is 8.98. The lowest BCUT2D eigenvalue weighted by atomic mass is 9.94. The molecule has 29 heavy (non-hydrogen) atoms. The average Bonchev–Trinajstić information content (AvgIpc) is 3.18. The number of nitrogens with one attached hydrogen (secondary N) is 3. The minimum Gasteiger partial charge on any atom is -0.443 e. The summed E-state index contributed by atoms with van der Waals surface area (Å²) >= 11 is 0. The molecular formula is C21H30N6O2. The van der Waals surface area contributed by atoms with Crippen LogP contribution in [0.1, 0.15) is 38.0 Å². The van der Waals surface area contributed by atoms with Crippen LogP contribution in [0, 0.1) is 0 Å². The summed E-state index contributed by atoms with van der Waals surface area (Å²) in [4.78, 5) is 22.2. The predicted molar refractivity (Wildman–Crippen MR) is 114 cm³/mol. The Morgan fingerprint density at radius 1 is 1.24 bits per heavy atom. The maximum atomic E-state index is 11.5. The van der Waals surface area contributed by atoms with Gasteiger partial charge < -0.3 is 25.3 Å². The molecule has 0 bridgehead atoms.